The van der Waals surface area contributed by atoms with Crippen molar-refractivity contribution in [2.75, 3.05) is 30.9 Å². The Balaban J connectivity index is 1.86. The first-order chi connectivity index (χ1) is 16.3. The van der Waals surface area contributed by atoms with Crippen molar-refractivity contribution in [3.05, 3.63) is 63.6 Å². The third kappa shape index (κ3) is 6.94. The van der Waals surface area contributed by atoms with Crippen LogP contribution in [0, 0.1) is 5.92 Å². The summed E-state index contributed by atoms with van der Waals surface area (Å²) in [6, 6.07) is 14.6. The van der Waals surface area contributed by atoms with Crippen LogP contribution < -0.4 is 10.6 Å². The van der Waals surface area contributed by atoms with E-state index in [1.54, 1.807) is 19.2 Å². The van der Waals surface area contributed by atoms with Gasteiger partial charge in [-0.3, -0.25) is 19.3 Å². The summed E-state index contributed by atoms with van der Waals surface area (Å²) in [5.41, 5.74) is 1.59. The summed E-state index contributed by atoms with van der Waals surface area (Å²) >= 11 is 4.61. The van der Waals surface area contributed by atoms with Crippen molar-refractivity contribution in [2.45, 2.75) is 31.6 Å². The molecule has 0 atom stereocenters. The third-order valence-corrected chi connectivity index (χ3v) is 6.50. The van der Waals surface area contributed by atoms with Gasteiger partial charge in [0.2, 0.25) is 5.91 Å². The smallest absolute Gasteiger partial charge is 0.278 e. The van der Waals surface area contributed by atoms with E-state index in [2.05, 4.69) is 26.6 Å². The summed E-state index contributed by atoms with van der Waals surface area (Å²) in [6.07, 6.45) is 0.974. The van der Waals surface area contributed by atoms with E-state index in [0.717, 1.165) is 9.37 Å². The standard InChI is InChI=1S/C25H28BrN3O4S/c1-16(2)14-21(30)27-19-6-4-7-20(15-19)34-23-22(28-18-10-8-17(26)9-11-18)24(31)29(25(23)32)12-5-13-33-3/h4,6-11,15-16,28H,5,12-14H2,1-3H3,(H,27,30). The quantitative estimate of drug-likeness (QED) is 0.296. The predicted octanol–water partition coefficient (Wildman–Crippen LogP) is 5.25. The van der Waals surface area contributed by atoms with Crippen molar-refractivity contribution in [1.82, 2.24) is 4.90 Å². The Bertz CT molecular complexity index is 1090. The minimum absolute atomic E-state index is 0.0644. The number of thioether (sulfide) groups is 1. The van der Waals surface area contributed by atoms with Crippen molar-refractivity contribution in [2.24, 2.45) is 5.92 Å². The van der Waals surface area contributed by atoms with Crippen LogP contribution in [0.4, 0.5) is 11.4 Å². The van der Waals surface area contributed by atoms with Crippen molar-refractivity contribution < 1.29 is 19.1 Å². The van der Waals surface area contributed by atoms with Crippen LogP contribution >= 0.6 is 27.7 Å². The molecule has 0 unspecified atom stereocenters. The maximum absolute atomic E-state index is 13.2. The van der Waals surface area contributed by atoms with Crippen molar-refractivity contribution in [3.63, 3.8) is 0 Å². The number of carbonyl (C=O) groups excluding carboxylic acids is 3. The highest BCUT2D eigenvalue weighted by Crippen LogP contribution is 2.37. The zero-order valence-corrected chi connectivity index (χ0v) is 21.8. The van der Waals surface area contributed by atoms with Crippen LogP contribution in [-0.4, -0.2) is 42.9 Å². The van der Waals surface area contributed by atoms with Gasteiger partial charge in [-0.1, -0.05) is 47.6 Å². The molecule has 0 saturated carbocycles. The molecule has 0 spiro atoms. The van der Waals surface area contributed by atoms with E-state index in [1.807, 2.05) is 50.2 Å². The largest absolute Gasteiger partial charge is 0.385 e. The van der Waals surface area contributed by atoms with Crippen LogP contribution in [0.3, 0.4) is 0 Å². The number of nitrogens with one attached hydrogen (secondary N) is 2. The van der Waals surface area contributed by atoms with Gasteiger partial charge < -0.3 is 15.4 Å². The normalized spacial score (nSPS) is 13.7. The lowest BCUT2D eigenvalue weighted by Crippen LogP contribution is -2.33. The number of hydrogen-bond donors (Lipinski definition) is 2. The molecule has 180 valence electrons. The van der Waals surface area contributed by atoms with E-state index in [1.165, 1.54) is 16.7 Å². The molecular formula is C25H28BrN3O4S. The van der Waals surface area contributed by atoms with Crippen LogP contribution in [0.1, 0.15) is 26.7 Å². The minimum Gasteiger partial charge on any atom is -0.385 e. The van der Waals surface area contributed by atoms with Crippen molar-refractivity contribution in [1.29, 1.82) is 0 Å². The summed E-state index contributed by atoms with van der Waals surface area (Å²) in [7, 11) is 1.58. The summed E-state index contributed by atoms with van der Waals surface area (Å²) in [6.45, 7) is 4.69. The lowest BCUT2D eigenvalue weighted by molar-refractivity contribution is -0.137. The number of ether oxygens (including phenoxy) is 1. The Morgan fingerprint density at radius 2 is 1.82 bits per heavy atom. The maximum Gasteiger partial charge on any atom is 0.278 e. The van der Waals surface area contributed by atoms with E-state index >= 15 is 0 Å². The Labute approximate surface area is 212 Å². The Hall–Kier alpha value is -2.62. The van der Waals surface area contributed by atoms with Gasteiger partial charge in [0.1, 0.15) is 10.6 Å². The number of imide groups is 1. The predicted molar refractivity (Wildman–Crippen MR) is 138 cm³/mol. The number of benzene rings is 2. The lowest BCUT2D eigenvalue weighted by Gasteiger charge is -2.14. The van der Waals surface area contributed by atoms with Gasteiger partial charge in [-0.2, -0.15) is 0 Å². The SMILES string of the molecule is COCCCN1C(=O)C(Nc2ccc(Br)cc2)=C(Sc2cccc(NC(=O)CC(C)C)c2)C1=O. The molecule has 0 aliphatic carbocycles. The molecule has 0 radical (unpaired) electrons. The number of halogens is 1. The third-order valence-electron chi connectivity index (χ3n) is 4.90. The fourth-order valence-electron chi connectivity index (χ4n) is 3.34. The highest BCUT2D eigenvalue weighted by molar-refractivity contribution is 9.10. The summed E-state index contributed by atoms with van der Waals surface area (Å²) in [4.78, 5) is 40.9. The van der Waals surface area contributed by atoms with Crippen LogP contribution in [0.5, 0.6) is 0 Å². The number of hydrogen-bond acceptors (Lipinski definition) is 6. The van der Waals surface area contributed by atoms with Gasteiger partial charge in [0.05, 0.1) is 0 Å². The van der Waals surface area contributed by atoms with E-state index in [4.69, 9.17) is 4.74 Å². The molecule has 0 saturated heterocycles. The number of carbonyl (C=O) groups is 3. The molecule has 1 aliphatic rings. The van der Waals surface area contributed by atoms with Gasteiger partial charge in [-0.15, -0.1) is 0 Å². The lowest BCUT2D eigenvalue weighted by atomic mass is 10.1. The molecule has 34 heavy (non-hydrogen) atoms. The Kier molecular flexibility index (Phi) is 9.32. The average molecular weight is 546 g/mol. The molecule has 0 fully saturated rings. The first-order valence-electron chi connectivity index (χ1n) is 11.0. The second-order valence-corrected chi connectivity index (χ2v) is 10.2. The Morgan fingerprint density at radius 3 is 2.50 bits per heavy atom. The van der Waals surface area contributed by atoms with Gasteiger partial charge in [-0.25, -0.2) is 0 Å². The van der Waals surface area contributed by atoms with Crippen LogP contribution in [0.15, 0.2) is 68.5 Å². The molecule has 3 amide bonds. The topological polar surface area (TPSA) is 87.7 Å². The number of anilines is 2. The van der Waals surface area contributed by atoms with Gasteiger partial charge in [0.15, 0.2) is 0 Å². The van der Waals surface area contributed by atoms with Crippen LogP contribution in [0.25, 0.3) is 0 Å². The number of methoxy groups -OCH3 is 1. The van der Waals surface area contributed by atoms with Crippen molar-refractivity contribution >= 4 is 56.8 Å². The van der Waals surface area contributed by atoms with Gasteiger partial charge in [0, 0.05) is 47.4 Å². The minimum atomic E-state index is -0.368. The van der Waals surface area contributed by atoms with E-state index < -0.39 is 0 Å². The van der Waals surface area contributed by atoms with E-state index in [9.17, 15) is 14.4 Å². The summed E-state index contributed by atoms with van der Waals surface area (Å²) in [5.74, 6) is -0.528. The molecule has 3 rings (SSSR count). The zero-order chi connectivity index (χ0) is 24.7. The molecular weight excluding hydrogens is 518 g/mol. The first kappa shape index (κ1) is 26.0. The number of rotatable bonds is 11. The molecule has 0 aromatic heterocycles. The highest BCUT2D eigenvalue weighted by atomic mass is 79.9. The molecule has 1 aliphatic heterocycles. The fourth-order valence-corrected chi connectivity index (χ4v) is 4.61. The zero-order valence-electron chi connectivity index (χ0n) is 19.4. The molecule has 7 nitrogen and oxygen atoms in total. The molecule has 2 N–H and O–H groups in total. The highest BCUT2D eigenvalue weighted by Gasteiger charge is 2.38. The molecule has 9 heteroatoms. The average Bonchev–Trinajstić information content (AvgIpc) is 2.99. The van der Waals surface area contributed by atoms with Crippen LogP contribution in [-0.2, 0) is 19.1 Å². The molecule has 2 aromatic rings. The molecule has 2 aromatic carbocycles. The fraction of sp³-hybridized carbons (Fsp3) is 0.320. The van der Waals surface area contributed by atoms with Crippen molar-refractivity contribution in [3.8, 4) is 0 Å². The number of nitrogens with zero attached hydrogens (tertiary/aromatic N) is 1. The monoisotopic (exact) mass is 545 g/mol. The van der Waals surface area contributed by atoms with Gasteiger partial charge >= 0.3 is 0 Å². The van der Waals surface area contributed by atoms with E-state index in [0.29, 0.717) is 35.7 Å². The first-order valence-corrected chi connectivity index (χ1v) is 12.6. The number of amides is 3. The second kappa shape index (κ2) is 12.2. The molecule has 1 heterocycles. The van der Waals surface area contributed by atoms with Gasteiger partial charge in [-0.05, 0) is 54.8 Å². The summed E-state index contributed by atoms with van der Waals surface area (Å²) in [5, 5.41) is 6.03. The maximum atomic E-state index is 13.2. The Morgan fingerprint density at radius 1 is 1.09 bits per heavy atom. The molecule has 0 bridgehead atoms. The van der Waals surface area contributed by atoms with Crippen LogP contribution in [0.2, 0.25) is 0 Å². The van der Waals surface area contributed by atoms with E-state index in [-0.39, 0.29) is 35.9 Å². The second-order valence-electron chi connectivity index (χ2n) is 8.22. The van der Waals surface area contributed by atoms with Gasteiger partial charge in [0.25, 0.3) is 11.8 Å². The summed E-state index contributed by atoms with van der Waals surface area (Å²) < 4.78 is 5.98.